The van der Waals surface area contributed by atoms with Gasteiger partial charge in [0.1, 0.15) is 5.54 Å². The molecule has 1 aliphatic heterocycles. The molecule has 1 heterocycles. The van der Waals surface area contributed by atoms with Crippen LogP contribution in [-0.2, 0) is 16.0 Å². The van der Waals surface area contributed by atoms with E-state index in [2.05, 4.69) is 17.4 Å². The molecule has 0 spiro atoms. The van der Waals surface area contributed by atoms with Gasteiger partial charge in [0.2, 0.25) is 0 Å². The summed E-state index contributed by atoms with van der Waals surface area (Å²) in [5, 5.41) is 3.28. The van der Waals surface area contributed by atoms with Gasteiger partial charge in [-0.3, -0.25) is 5.32 Å². The smallest absolute Gasteiger partial charge is 0.329 e. The molecule has 0 bridgehead atoms. The maximum absolute atomic E-state index is 11.6. The first-order valence-corrected chi connectivity index (χ1v) is 5.73. The molecule has 3 nitrogen and oxygen atoms in total. The molecule has 0 radical (unpaired) electrons. The Morgan fingerprint density at radius 1 is 1.41 bits per heavy atom. The number of rotatable bonds is 3. The van der Waals surface area contributed by atoms with E-state index in [1.807, 2.05) is 37.3 Å². The van der Waals surface area contributed by atoms with Gasteiger partial charge in [0.25, 0.3) is 0 Å². The number of carbonyl (C=O) groups is 1. The van der Waals surface area contributed by atoms with Crippen molar-refractivity contribution in [1.29, 1.82) is 0 Å². The van der Waals surface area contributed by atoms with Gasteiger partial charge in [-0.15, -0.1) is 0 Å². The van der Waals surface area contributed by atoms with Crippen molar-refractivity contribution in [2.75, 3.05) is 7.11 Å². The average Bonchev–Trinajstić information content (AvgIpc) is 2.72. The van der Waals surface area contributed by atoms with E-state index in [0.29, 0.717) is 0 Å². The number of hydrogen-bond acceptors (Lipinski definition) is 3. The zero-order valence-corrected chi connectivity index (χ0v) is 10.1. The highest BCUT2D eigenvalue weighted by molar-refractivity contribution is 5.83. The molecule has 0 unspecified atom stereocenters. The first-order chi connectivity index (χ1) is 8.14. The second-order valence-corrected chi connectivity index (χ2v) is 4.49. The second kappa shape index (κ2) is 4.72. The predicted molar refractivity (Wildman–Crippen MR) is 66.6 cm³/mol. The summed E-state index contributed by atoms with van der Waals surface area (Å²) in [6, 6.07) is 10.4. The van der Waals surface area contributed by atoms with E-state index in [4.69, 9.17) is 4.74 Å². The molecule has 2 atom stereocenters. The van der Waals surface area contributed by atoms with E-state index < -0.39 is 5.54 Å². The maximum Gasteiger partial charge on any atom is 0.329 e. The molecule has 0 saturated heterocycles. The summed E-state index contributed by atoms with van der Waals surface area (Å²) < 4.78 is 4.78. The van der Waals surface area contributed by atoms with Gasteiger partial charge in [-0.1, -0.05) is 42.5 Å². The lowest BCUT2D eigenvalue weighted by molar-refractivity contribution is -0.145. The number of ether oxygens (including phenoxy) is 1. The van der Waals surface area contributed by atoms with Crippen molar-refractivity contribution in [3.8, 4) is 0 Å². The number of methoxy groups -OCH3 is 1. The van der Waals surface area contributed by atoms with Crippen LogP contribution in [0, 0.1) is 0 Å². The molecule has 0 fully saturated rings. The Hall–Kier alpha value is -1.61. The van der Waals surface area contributed by atoms with E-state index >= 15 is 0 Å². The summed E-state index contributed by atoms with van der Waals surface area (Å²) in [6.07, 6.45) is 4.79. The Morgan fingerprint density at radius 3 is 2.76 bits per heavy atom. The van der Waals surface area contributed by atoms with Crippen molar-refractivity contribution in [3.05, 3.63) is 48.0 Å². The molecule has 0 saturated carbocycles. The van der Waals surface area contributed by atoms with Crippen LogP contribution in [0.1, 0.15) is 12.5 Å². The summed E-state index contributed by atoms with van der Waals surface area (Å²) in [5.41, 5.74) is 0.567. The van der Waals surface area contributed by atoms with Crippen LogP contribution in [0.2, 0.25) is 0 Å². The molecule has 1 aromatic carbocycles. The number of carbonyl (C=O) groups excluding carboxylic acids is 1. The van der Waals surface area contributed by atoms with Gasteiger partial charge in [0.05, 0.1) is 7.11 Å². The van der Waals surface area contributed by atoms with Gasteiger partial charge >= 0.3 is 5.97 Å². The number of esters is 1. The largest absolute Gasteiger partial charge is 0.467 e. The van der Waals surface area contributed by atoms with Crippen LogP contribution in [0.5, 0.6) is 0 Å². The molecular weight excluding hydrogens is 214 g/mol. The third-order valence-electron chi connectivity index (χ3n) is 3.05. The molecule has 3 heteroatoms. The van der Waals surface area contributed by atoms with Crippen molar-refractivity contribution in [1.82, 2.24) is 5.32 Å². The van der Waals surface area contributed by atoms with E-state index in [1.165, 1.54) is 12.7 Å². The SMILES string of the molecule is COC(=O)[C@@]1(C)C=C[C@@H](Cc2ccccc2)N1. The van der Waals surface area contributed by atoms with E-state index in [9.17, 15) is 4.79 Å². The quantitative estimate of drug-likeness (QED) is 0.635. The summed E-state index contributed by atoms with van der Waals surface area (Å²) in [4.78, 5) is 11.6. The van der Waals surface area contributed by atoms with Gasteiger partial charge in [0, 0.05) is 6.04 Å². The number of hydrogen-bond donors (Lipinski definition) is 1. The summed E-state index contributed by atoms with van der Waals surface area (Å²) in [5.74, 6) is -0.246. The topological polar surface area (TPSA) is 38.3 Å². The van der Waals surface area contributed by atoms with Gasteiger partial charge in [-0.2, -0.15) is 0 Å². The molecule has 1 aliphatic rings. The van der Waals surface area contributed by atoms with Crippen molar-refractivity contribution in [2.45, 2.75) is 24.9 Å². The monoisotopic (exact) mass is 231 g/mol. The third kappa shape index (κ3) is 2.56. The lowest BCUT2D eigenvalue weighted by atomic mass is 10.1. The fraction of sp³-hybridized carbons (Fsp3) is 0.357. The molecule has 1 aromatic rings. The summed E-state index contributed by atoms with van der Waals surface area (Å²) >= 11 is 0. The highest BCUT2D eigenvalue weighted by Gasteiger charge is 2.37. The fourth-order valence-corrected chi connectivity index (χ4v) is 2.12. The van der Waals surface area contributed by atoms with Gasteiger partial charge in [-0.25, -0.2) is 4.79 Å². The Morgan fingerprint density at radius 2 is 2.12 bits per heavy atom. The maximum atomic E-state index is 11.6. The van der Waals surface area contributed by atoms with Gasteiger partial charge < -0.3 is 4.74 Å². The molecule has 0 aliphatic carbocycles. The standard InChI is InChI=1S/C14H17NO2/c1-14(13(16)17-2)9-8-12(15-14)10-11-6-4-3-5-7-11/h3-9,12,15H,10H2,1-2H3/t12-,14+/m0/s1. The van der Waals surface area contributed by atoms with Gasteiger partial charge in [0.15, 0.2) is 0 Å². The van der Waals surface area contributed by atoms with Crippen molar-refractivity contribution in [2.24, 2.45) is 0 Å². The van der Waals surface area contributed by atoms with E-state index in [1.54, 1.807) is 0 Å². The zero-order chi connectivity index (χ0) is 12.3. The zero-order valence-electron chi connectivity index (χ0n) is 10.1. The van der Waals surface area contributed by atoms with Crippen molar-refractivity contribution in [3.63, 3.8) is 0 Å². The molecular formula is C14H17NO2. The van der Waals surface area contributed by atoms with Crippen LogP contribution >= 0.6 is 0 Å². The van der Waals surface area contributed by atoms with E-state index in [0.717, 1.165) is 6.42 Å². The van der Waals surface area contributed by atoms with Crippen LogP contribution in [0.25, 0.3) is 0 Å². The third-order valence-corrected chi connectivity index (χ3v) is 3.05. The predicted octanol–water partition coefficient (Wildman–Crippen LogP) is 1.69. The molecule has 90 valence electrons. The lowest BCUT2D eigenvalue weighted by Gasteiger charge is -2.22. The van der Waals surface area contributed by atoms with Crippen LogP contribution in [0.3, 0.4) is 0 Å². The number of benzene rings is 1. The Bertz CT molecular complexity index is 427. The Labute approximate surface area is 101 Å². The van der Waals surface area contributed by atoms with Gasteiger partial charge in [-0.05, 0) is 18.9 Å². The first kappa shape index (κ1) is 11.9. The van der Waals surface area contributed by atoms with Crippen LogP contribution in [-0.4, -0.2) is 24.7 Å². The van der Waals surface area contributed by atoms with Crippen molar-refractivity contribution >= 4 is 5.97 Å². The fourth-order valence-electron chi connectivity index (χ4n) is 2.12. The minimum Gasteiger partial charge on any atom is -0.467 e. The second-order valence-electron chi connectivity index (χ2n) is 4.49. The normalized spacial score (nSPS) is 27.1. The minimum atomic E-state index is -0.686. The Kier molecular flexibility index (Phi) is 3.29. The average molecular weight is 231 g/mol. The molecule has 2 rings (SSSR count). The van der Waals surface area contributed by atoms with Crippen LogP contribution in [0.15, 0.2) is 42.5 Å². The highest BCUT2D eigenvalue weighted by Crippen LogP contribution is 2.19. The van der Waals surface area contributed by atoms with Crippen LogP contribution < -0.4 is 5.32 Å². The summed E-state index contributed by atoms with van der Waals surface area (Å²) in [6.45, 7) is 1.83. The molecule has 0 aromatic heterocycles. The molecule has 0 amide bonds. The van der Waals surface area contributed by atoms with E-state index in [-0.39, 0.29) is 12.0 Å². The lowest BCUT2D eigenvalue weighted by Crippen LogP contribution is -2.48. The molecule has 1 N–H and O–H groups in total. The molecule has 17 heavy (non-hydrogen) atoms. The first-order valence-electron chi connectivity index (χ1n) is 5.73. The van der Waals surface area contributed by atoms with Crippen LogP contribution in [0.4, 0.5) is 0 Å². The van der Waals surface area contributed by atoms with Crippen molar-refractivity contribution < 1.29 is 9.53 Å². The Balaban J connectivity index is 2.00. The summed E-state index contributed by atoms with van der Waals surface area (Å²) in [7, 11) is 1.41. The highest BCUT2D eigenvalue weighted by atomic mass is 16.5. The minimum absolute atomic E-state index is 0.182. The number of nitrogens with one attached hydrogen (secondary N) is 1.